The van der Waals surface area contributed by atoms with Gasteiger partial charge in [0.15, 0.2) is 5.84 Å². The van der Waals surface area contributed by atoms with Crippen molar-refractivity contribution in [1.29, 1.82) is 5.41 Å². The molecule has 0 radical (unpaired) electrons. The third-order valence-corrected chi connectivity index (χ3v) is 4.73. The largest absolute Gasteiger partial charge is 0.481 e. The molecule has 0 saturated carbocycles. The molecule has 11 nitrogen and oxygen atoms in total. The van der Waals surface area contributed by atoms with Crippen LogP contribution in [0.2, 0.25) is 0 Å². The predicted octanol–water partition coefficient (Wildman–Crippen LogP) is 2.03. The number of rotatable bonds is 10. The van der Waals surface area contributed by atoms with Crippen LogP contribution in [0.1, 0.15) is 37.0 Å². The lowest BCUT2D eigenvalue weighted by Crippen LogP contribution is -2.41. The quantitative estimate of drug-likeness (QED) is 0.258. The maximum atomic E-state index is 12.4. The molecule has 0 aliphatic carbocycles. The smallest absolute Gasteiger partial charge is 0.326 e. The fourth-order valence-electron chi connectivity index (χ4n) is 3.00. The third-order valence-electron chi connectivity index (χ3n) is 4.73. The number of amides is 1. The molecule has 1 unspecified atom stereocenters. The van der Waals surface area contributed by atoms with Gasteiger partial charge >= 0.3 is 11.9 Å². The third kappa shape index (κ3) is 7.40. The summed E-state index contributed by atoms with van der Waals surface area (Å²) in [7, 11) is 1.83. The van der Waals surface area contributed by atoms with Gasteiger partial charge in [-0.25, -0.2) is 14.8 Å². The molecule has 11 heteroatoms. The van der Waals surface area contributed by atoms with Crippen LogP contribution in [-0.4, -0.2) is 65.0 Å². The number of nitrogens with zero attached hydrogens (tertiary/aromatic N) is 3. The number of hydrogen-bond donors (Lipinski definition) is 5. The molecule has 0 fully saturated rings. The number of likely N-dealkylation sites (N-methyl/N-ethyl adjacent to an activating group) is 1. The van der Waals surface area contributed by atoms with Crippen molar-refractivity contribution >= 4 is 40.8 Å². The number of hydrogen-bond acceptors (Lipinski definition) is 7. The van der Waals surface area contributed by atoms with Gasteiger partial charge in [-0.2, -0.15) is 0 Å². The number of carbonyl (C=O) groups is 3. The van der Waals surface area contributed by atoms with Crippen molar-refractivity contribution in [2.75, 3.05) is 18.5 Å². The van der Waals surface area contributed by atoms with Crippen molar-refractivity contribution in [3.63, 3.8) is 0 Å². The predicted molar refractivity (Wildman–Crippen MR) is 130 cm³/mol. The van der Waals surface area contributed by atoms with Gasteiger partial charge in [-0.05, 0) is 44.5 Å². The van der Waals surface area contributed by atoms with Gasteiger partial charge in [0, 0.05) is 36.6 Å². The maximum absolute atomic E-state index is 12.4. The van der Waals surface area contributed by atoms with Crippen LogP contribution in [0, 0.1) is 5.41 Å². The molecule has 1 amide bonds. The number of nitrogens with one attached hydrogen (secondary N) is 3. The van der Waals surface area contributed by atoms with Crippen molar-refractivity contribution in [2.45, 2.75) is 32.7 Å². The molecule has 34 heavy (non-hydrogen) atoms. The minimum absolute atomic E-state index is 0.0177. The summed E-state index contributed by atoms with van der Waals surface area (Å²) in [6.45, 7) is 7.84. The molecular weight excluding hydrogens is 440 g/mol. The molecule has 1 atom stereocenters. The SMILES string of the molecule is C=C1NC=C(CN(C)c2ccc(C(=O)NC(CCC(=O)O)C(=O)O)cc2)N=C1C(=N)N=C(C)C. The minimum atomic E-state index is -1.30. The molecule has 2 rings (SSSR count). The van der Waals surface area contributed by atoms with Crippen LogP contribution in [0.15, 0.2) is 58.4 Å². The first-order valence-electron chi connectivity index (χ1n) is 10.4. The molecule has 1 aromatic rings. The average molecular weight is 469 g/mol. The molecule has 0 spiro atoms. The lowest BCUT2D eigenvalue weighted by atomic mass is 10.1. The first kappa shape index (κ1) is 26.0. The van der Waals surface area contributed by atoms with Crippen LogP contribution in [0.5, 0.6) is 0 Å². The molecule has 1 aromatic carbocycles. The Morgan fingerprint density at radius 1 is 1.24 bits per heavy atom. The Morgan fingerprint density at radius 2 is 1.88 bits per heavy atom. The summed E-state index contributed by atoms with van der Waals surface area (Å²) in [6.07, 6.45) is 1.12. The van der Waals surface area contributed by atoms with E-state index in [2.05, 4.69) is 27.2 Å². The van der Waals surface area contributed by atoms with Crippen LogP contribution < -0.4 is 15.5 Å². The van der Waals surface area contributed by atoms with E-state index in [1.165, 1.54) is 0 Å². The number of aliphatic carboxylic acids is 2. The van der Waals surface area contributed by atoms with E-state index in [9.17, 15) is 19.5 Å². The zero-order valence-electron chi connectivity index (χ0n) is 19.3. The molecule has 5 N–H and O–H groups in total. The number of carboxylic acid groups (broad SMARTS) is 2. The first-order valence-corrected chi connectivity index (χ1v) is 10.4. The van der Waals surface area contributed by atoms with Crippen LogP contribution in [-0.2, 0) is 9.59 Å². The lowest BCUT2D eigenvalue weighted by molar-refractivity contribution is -0.140. The highest BCUT2D eigenvalue weighted by atomic mass is 16.4. The second kappa shape index (κ2) is 11.5. The van der Waals surface area contributed by atoms with E-state index in [1.807, 2.05) is 11.9 Å². The maximum Gasteiger partial charge on any atom is 0.326 e. The fraction of sp³-hybridized carbons (Fsp3) is 0.304. The number of benzene rings is 1. The Labute approximate surface area is 197 Å². The van der Waals surface area contributed by atoms with Gasteiger partial charge in [0.05, 0.1) is 17.9 Å². The van der Waals surface area contributed by atoms with Crippen LogP contribution >= 0.6 is 0 Å². The standard InChI is InChI=1S/C23H28N6O5/c1-13(2)26-21(24)20-14(3)25-11-16(27-20)12-29(4)17-7-5-15(6-8-17)22(32)28-18(23(33)34)9-10-19(30)31/h5-8,11,18,24-25H,3,9-10,12H2,1-2,4H3,(H,28,32)(H,30,31)(H,33,34). The van der Waals surface area contributed by atoms with Crippen LogP contribution in [0.4, 0.5) is 5.69 Å². The summed E-state index contributed by atoms with van der Waals surface area (Å²) >= 11 is 0. The van der Waals surface area contributed by atoms with Crippen molar-refractivity contribution < 1.29 is 24.6 Å². The van der Waals surface area contributed by atoms with Gasteiger partial charge in [0.1, 0.15) is 11.8 Å². The number of aliphatic imine (C=N–C) groups is 2. The first-order chi connectivity index (χ1) is 16.0. The second-order valence-electron chi connectivity index (χ2n) is 7.83. The van der Waals surface area contributed by atoms with E-state index in [0.29, 0.717) is 23.7 Å². The Kier molecular flexibility index (Phi) is 8.82. The van der Waals surface area contributed by atoms with Gasteiger partial charge in [0.2, 0.25) is 0 Å². The van der Waals surface area contributed by atoms with E-state index in [-0.39, 0.29) is 24.2 Å². The van der Waals surface area contributed by atoms with Gasteiger partial charge in [0.25, 0.3) is 5.91 Å². The zero-order valence-corrected chi connectivity index (χ0v) is 19.3. The van der Waals surface area contributed by atoms with E-state index < -0.39 is 23.9 Å². The summed E-state index contributed by atoms with van der Waals surface area (Å²) in [5, 5.41) is 31.4. The summed E-state index contributed by atoms with van der Waals surface area (Å²) in [4.78, 5) is 44.9. The van der Waals surface area contributed by atoms with E-state index in [0.717, 1.165) is 11.4 Å². The number of anilines is 1. The topological polar surface area (TPSA) is 168 Å². The molecule has 0 bridgehead atoms. The normalized spacial score (nSPS) is 13.6. The highest BCUT2D eigenvalue weighted by molar-refractivity contribution is 6.48. The van der Waals surface area contributed by atoms with Crippen LogP contribution in [0.25, 0.3) is 0 Å². The molecular formula is C23H28N6O5. The summed E-state index contributed by atoms with van der Waals surface area (Å²) in [5.74, 6) is -3.02. The fourth-order valence-corrected chi connectivity index (χ4v) is 3.00. The summed E-state index contributed by atoms with van der Waals surface area (Å²) in [5.41, 5.74) is 3.25. The highest BCUT2D eigenvalue weighted by Gasteiger charge is 2.22. The number of carbonyl (C=O) groups excluding carboxylic acids is 1. The van der Waals surface area contributed by atoms with E-state index in [1.54, 1.807) is 44.3 Å². The number of amidine groups is 1. The molecule has 1 aliphatic heterocycles. The highest BCUT2D eigenvalue weighted by Crippen LogP contribution is 2.17. The molecule has 1 aliphatic rings. The molecule has 0 saturated heterocycles. The number of carboxylic acids is 2. The van der Waals surface area contributed by atoms with E-state index >= 15 is 0 Å². The lowest BCUT2D eigenvalue weighted by Gasteiger charge is -2.23. The van der Waals surface area contributed by atoms with Crippen molar-refractivity contribution in [3.05, 3.63) is 54.0 Å². The Hall–Kier alpha value is -4.28. The molecule has 1 heterocycles. The Morgan fingerprint density at radius 3 is 2.44 bits per heavy atom. The summed E-state index contributed by atoms with van der Waals surface area (Å²) in [6, 6.07) is 5.22. The minimum Gasteiger partial charge on any atom is -0.481 e. The Bertz CT molecular complexity index is 1080. The Balaban J connectivity index is 2.06. The van der Waals surface area contributed by atoms with Gasteiger partial charge in [-0.3, -0.25) is 15.0 Å². The van der Waals surface area contributed by atoms with Crippen molar-refractivity contribution in [2.24, 2.45) is 9.98 Å². The van der Waals surface area contributed by atoms with Crippen molar-refractivity contribution in [1.82, 2.24) is 10.6 Å². The molecule has 180 valence electrons. The van der Waals surface area contributed by atoms with Gasteiger partial charge < -0.3 is 25.7 Å². The molecule has 0 aromatic heterocycles. The van der Waals surface area contributed by atoms with Crippen molar-refractivity contribution in [3.8, 4) is 0 Å². The van der Waals surface area contributed by atoms with Crippen LogP contribution in [0.3, 0.4) is 0 Å². The van der Waals surface area contributed by atoms with E-state index in [4.69, 9.17) is 10.5 Å². The average Bonchev–Trinajstić information content (AvgIpc) is 2.76. The van der Waals surface area contributed by atoms with Gasteiger partial charge in [-0.1, -0.05) is 6.58 Å². The summed E-state index contributed by atoms with van der Waals surface area (Å²) < 4.78 is 0. The van der Waals surface area contributed by atoms with Gasteiger partial charge in [-0.15, -0.1) is 0 Å². The zero-order chi connectivity index (χ0) is 25.4. The second-order valence-corrected chi connectivity index (χ2v) is 7.83. The monoisotopic (exact) mass is 468 g/mol.